The standard InChI is InChI=1S/C21H19N5O3S/c1-24-17-13(20(28)25(2)21(24)29)10-12(11-22-17)19(27)26-9-5-7-15(26)18-23-14-6-3-4-8-16(14)30-18/h3-4,6,8,10-11,15H,5,7,9H2,1-2H3/t15-/m1/s1. The van der Waals surface area contributed by atoms with Crippen molar-refractivity contribution in [1.29, 1.82) is 0 Å². The Bertz CT molecular complexity index is 1400. The molecule has 0 saturated carbocycles. The van der Waals surface area contributed by atoms with Crippen LogP contribution in [-0.4, -0.2) is 36.5 Å². The summed E-state index contributed by atoms with van der Waals surface area (Å²) >= 11 is 1.61. The van der Waals surface area contributed by atoms with Gasteiger partial charge in [-0.2, -0.15) is 0 Å². The Balaban J connectivity index is 1.55. The third kappa shape index (κ3) is 2.77. The van der Waals surface area contributed by atoms with Crippen molar-refractivity contribution in [2.45, 2.75) is 18.9 Å². The lowest BCUT2D eigenvalue weighted by atomic mass is 10.2. The topological polar surface area (TPSA) is 90.1 Å². The van der Waals surface area contributed by atoms with Gasteiger partial charge < -0.3 is 4.90 Å². The summed E-state index contributed by atoms with van der Waals surface area (Å²) in [6.45, 7) is 0.628. The van der Waals surface area contributed by atoms with Gasteiger partial charge in [0.05, 0.1) is 27.2 Å². The number of thiazole rings is 1. The van der Waals surface area contributed by atoms with Crippen LogP contribution in [0.3, 0.4) is 0 Å². The first kappa shape index (κ1) is 18.7. The molecule has 0 unspecified atom stereocenters. The summed E-state index contributed by atoms with van der Waals surface area (Å²) in [7, 11) is 2.98. The second kappa shape index (κ2) is 6.88. The highest BCUT2D eigenvalue weighted by Gasteiger charge is 2.33. The highest BCUT2D eigenvalue weighted by Crippen LogP contribution is 2.37. The van der Waals surface area contributed by atoms with Crippen molar-refractivity contribution in [3.05, 3.63) is 67.9 Å². The number of rotatable bonds is 2. The van der Waals surface area contributed by atoms with Crippen LogP contribution in [0.5, 0.6) is 0 Å². The zero-order chi connectivity index (χ0) is 21.0. The number of carbonyl (C=O) groups excluding carboxylic acids is 1. The Hall–Kier alpha value is -3.33. The van der Waals surface area contributed by atoms with Crippen LogP contribution in [0.25, 0.3) is 21.3 Å². The van der Waals surface area contributed by atoms with Crippen LogP contribution >= 0.6 is 11.3 Å². The van der Waals surface area contributed by atoms with Crippen LogP contribution in [0.2, 0.25) is 0 Å². The Morgan fingerprint density at radius 2 is 1.97 bits per heavy atom. The van der Waals surface area contributed by atoms with Crippen LogP contribution in [0.1, 0.15) is 34.2 Å². The number of carbonyl (C=O) groups is 1. The summed E-state index contributed by atoms with van der Waals surface area (Å²) in [6, 6.07) is 9.40. The first-order valence-corrected chi connectivity index (χ1v) is 10.5. The zero-order valence-electron chi connectivity index (χ0n) is 16.5. The first-order chi connectivity index (χ1) is 14.5. The molecule has 0 aliphatic carbocycles. The molecule has 5 rings (SSSR count). The van der Waals surface area contributed by atoms with Crippen molar-refractivity contribution in [3.8, 4) is 0 Å². The van der Waals surface area contributed by atoms with Gasteiger partial charge in [0.15, 0.2) is 0 Å². The highest BCUT2D eigenvalue weighted by molar-refractivity contribution is 7.18. The fourth-order valence-corrected chi connectivity index (χ4v) is 5.16. The SMILES string of the molecule is Cn1c(=O)c2cc(C(=O)N3CCC[C@@H]3c3nc4ccccc4s3)cnc2n(C)c1=O. The van der Waals surface area contributed by atoms with E-state index in [9.17, 15) is 14.4 Å². The molecule has 1 amide bonds. The molecule has 1 aliphatic heterocycles. The number of hydrogen-bond donors (Lipinski definition) is 0. The number of aryl methyl sites for hydroxylation is 1. The normalized spacial score (nSPS) is 16.6. The van der Waals surface area contributed by atoms with Gasteiger partial charge in [-0.3, -0.25) is 18.7 Å². The summed E-state index contributed by atoms with van der Waals surface area (Å²) in [6.07, 6.45) is 3.18. The molecular formula is C21H19N5O3S. The summed E-state index contributed by atoms with van der Waals surface area (Å²) in [4.78, 5) is 48.8. The number of para-hydroxylation sites is 1. The molecule has 30 heavy (non-hydrogen) atoms. The van der Waals surface area contributed by atoms with Crippen molar-refractivity contribution >= 4 is 38.5 Å². The Labute approximate surface area is 175 Å². The summed E-state index contributed by atoms with van der Waals surface area (Å²) < 4.78 is 3.44. The lowest BCUT2D eigenvalue weighted by Crippen LogP contribution is -2.37. The van der Waals surface area contributed by atoms with Gasteiger partial charge in [-0.05, 0) is 31.0 Å². The molecule has 9 heteroatoms. The fourth-order valence-electron chi connectivity index (χ4n) is 4.05. The van der Waals surface area contributed by atoms with Crippen molar-refractivity contribution in [2.75, 3.05) is 6.54 Å². The summed E-state index contributed by atoms with van der Waals surface area (Å²) in [5.74, 6) is -0.179. The van der Waals surface area contributed by atoms with Crippen molar-refractivity contribution in [3.63, 3.8) is 0 Å². The van der Waals surface area contributed by atoms with Crippen LogP contribution in [-0.2, 0) is 14.1 Å². The van der Waals surface area contributed by atoms with Crippen LogP contribution < -0.4 is 11.2 Å². The second-order valence-electron chi connectivity index (χ2n) is 7.48. The van der Waals surface area contributed by atoms with Crippen molar-refractivity contribution in [2.24, 2.45) is 14.1 Å². The summed E-state index contributed by atoms with van der Waals surface area (Å²) in [5.41, 5.74) is 0.637. The summed E-state index contributed by atoms with van der Waals surface area (Å²) in [5, 5.41) is 1.18. The van der Waals surface area contributed by atoms with Gasteiger partial charge in [0, 0.05) is 26.8 Å². The van der Waals surface area contributed by atoms with Gasteiger partial charge in [-0.15, -0.1) is 11.3 Å². The van der Waals surface area contributed by atoms with E-state index in [-0.39, 0.29) is 23.0 Å². The number of likely N-dealkylation sites (tertiary alicyclic amines) is 1. The average Bonchev–Trinajstić information content (AvgIpc) is 3.42. The van der Waals surface area contributed by atoms with Crippen molar-refractivity contribution in [1.82, 2.24) is 24.0 Å². The third-order valence-electron chi connectivity index (χ3n) is 5.65. The van der Waals surface area contributed by atoms with Gasteiger partial charge >= 0.3 is 5.69 Å². The van der Waals surface area contributed by atoms with Crippen molar-refractivity contribution < 1.29 is 4.79 Å². The number of nitrogens with zero attached hydrogens (tertiary/aromatic N) is 5. The van der Waals surface area contributed by atoms with E-state index in [4.69, 9.17) is 4.98 Å². The number of benzene rings is 1. The molecule has 152 valence electrons. The van der Waals surface area contributed by atoms with E-state index in [1.165, 1.54) is 17.8 Å². The minimum Gasteiger partial charge on any atom is -0.329 e. The number of amides is 1. The molecule has 1 aliphatic rings. The van der Waals surface area contributed by atoms with Gasteiger partial charge in [0.2, 0.25) is 0 Å². The number of hydrogen-bond acceptors (Lipinski definition) is 6. The Kier molecular flexibility index (Phi) is 4.28. The van der Waals surface area contributed by atoms with E-state index in [2.05, 4.69) is 4.98 Å². The lowest BCUT2D eigenvalue weighted by molar-refractivity contribution is 0.0735. The van der Waals surface area contributed by atoms with E-state index < -0.39 is 11.2 Å². The molecule has 4 aromatic rings. The van der Waals surface area contributed by atoms with Gasteiger partial charge in [-0.25, -0.2) is 14.8 Å². The molecule has 0 bridgehead atoms. The van der Waals surface area contributed by atoms with E-state index in [1.54, 1.807) is 24.5 Å². The minimum atomic E-state index is -0.459. The molecule has 8 nitrogen and oxygen atoms in total. The Morgan fingerprint density at radius 1 is 1.17 bits per heavy atom. The smallest absolute Gasteiger partial charge is 0.329 e. The fraction of sp³-hybridized carbons (Fsp3) is 0.286. The molecule has 0 spiro atoms. The highest BCUT2D eigenvalue weighted by atomic mass is 32.1. The maximum absolute atomic E-state index is 13.3. The van der Waals surface area contributed by atoms with E-state index in [1.807, 2.05) is 29.2 Å². The maximum atomic E-state index is 13.3. The molecule has 0 N–H and O–H groups in total. The third-order valence-corrected chi connectivity index (χ3v) is 6.79. The second-order valence-corrected chi connectivity index (χ2v) is 8.54. The molecule has 1 atom stereocenters. The zero-order valence-corrected chi connectivity index (χ0v) is 17.3. The average molecular weight is 421 g/mol. The van der Waals surface area contributed by atoms with Crippen LogP contribution in [0.15, 0.2) is 46.1 Å². The maximum Gasteiger partial charge on any atom is 0.332 e. The minimum absolute atomic E-state index is 0.0893. The van der Waals surface area contributed by atoms with Gasteiger partial charge in [-0.1, -0.05) is 12.1 Å². The van der Waals surface area contributed by atoms with Gasteiger partial charge in [0.25, 0.3) is 11.5 Å². The van der Waals surface area contributed by atoms with E-state index >= 15 is 0 Å². The molecule has 1 fully saturated rings. The predicted octanol–water partition coefficient (Wildman–Crippen LogP) is 2.22. The molecule has 1 aromatic carbocycles. The number of pyridine rings is 1. The molecule has 1 saturated heterocycles. The molecular weight excluding hydrogens is 402 g/mol. The number of fused-ring (bicyclic) bond motifs is 2. The van der Waals surface area contributed by atoms with E-state index in [0.29, 0.717) is 12.1 Å². The quantitative estimate of drug-likeness (QED) is 0.495. The van der Waals surface area contributed by atoms with Crippen LogP contribution in [0.4, 0.5) is 0 Å². The largest absolute Gasteiger partial charge is 0.332 e. The van der Waals surface area contributed by atoms with E-state index in [0.717, 1.165) is 32.6 Å². The molecule has 4 heterocycles. The predicted molar refractivity (Wildman–Crippen MR) is 115 cm³/mol. The monoisotopic (exact) mass is 421 g/mol. The molecule has 3 aromatic heterocycles. The lowest BCUT2D eigenvalue weighted by Gasteiger charge is -2.23. The molecule has 0 radical (unpaired) electrons. The number of aromatic nitrogens is 4. The Morgan fingerprint density at radius 3 is 2.77 bits per heavy atom. The first-order valence-electron chi connectivity index (χ1n) is 9.68. The van der Waals surface area contributed by atoms with Gasteiger partial charge in [0.1, 0.15) is 10.7 Å². The van der Waals surface area contributed by atoms with Crippen LogP contribution in [0, 0.1) is 0 Å².